The first-order valence-electron chi connectivity index (χ1n) is 23.3. The number of esters is 1. The Kier molecular flexibility index (Phi) is 42.5. The molecule has 1 atom stereocenters. The smallest absolute Gasteiger partial charge is 0.345 e. The average molecular weight is 731 g/mol. The molecule has 1 unspecified atom stereocenters. The zero-order chi connectivity index (χ0) is 37.8. The molecule has 0 aliphatic rings. The van der Waals surface area contributed by atoms with Crippen molar-refractivity contribution in [3.8, 4) is 0 Å². The molecule has 0 saturated carbocycles. The van der Waals surface area contributed by atoms with E-state index in [0.29, 0.717) is 12.8 Å². The molecule has 1 N–H and O–H groups in total. The lowest BCUT2D eigenvalue weighted by Gasteiger charge is -2.13. The van der Waals surface area contributed by atoms with E-state index in [1.165, 1.54) is 193 Å². The summed E-state index contributed by atoms with van der Waals surface area (Å²) in [5, 5.41) is 9.54. The molecule has 0 aromatic heterocycles. The molecule has 0 bridgehead atoms. The largest absolute Gasteiger partial charge is 0.479 e. The lowest BCUT2D eigenvalue weighted by atomic mass is 10.0. The molecular weight excluding hydrogens is 641 g/mol. The molecule has 4 heteroatoms. The van der Waals surface area contributed by atoms with E-state index in [0.717, 1.165) is 44.9 Å². The van der Waals surface area contributed by atoms with Gasteiger partial charge in [0, 0.05) is 6.42 Å². The van der Waals surface area contributed by atoms with Crippen LogP contribution in [0.1, 0.15) is 264 Å². The SMILES string of the molecule is CCCCCCCC/C=C\CCCCCCCCCCCCC(OC(=O)CCCCCCCC=CCCCCCCCCCCCCCC)C(=O)O. The van der Waals surface area contributed by atoms with Gasteiger partial charge >= 0.3 is 11.9 Å². The maximum atomic E-state index is 12.3. The van der Waals surface area contributed by atoms with Gasteiger partial charge in [-0.25, -0.2) is 4.79 Å². The monoisotopic (exact) mass is 731 g/mol. The number of carboxylic acid groups (broad SMARTS) is 1. The van der Waals surface area contributed by atoms with Crippen LogP contribution in [0.2, 0.25) is 0 Å². The van der Waals surface area contributed by atoms with Gasteiger partial charge in [0.25, 0.3) is 0 Å². The minimum atomic E-state index is -1.01. The molecule has 0 aliphatic heterocycles. The fourth-order valence-electron chi connectivity index (χ4n) is 7.14. The molecule has 306 valence electrons. The van der Waals surface area contributed by atoms with Crippen molar-refractivity contribution in [2.75, 3.05) is 0 Å². The highest BCUT2D eigenvalue weighted by Gasteiger charge is 2.21. The second-order valence-electron chi connectivity index (χ2n) is 15.9. The van der Waals surface area contributed by atoms with Crippen molar-refractivity contribution in [1.29, 1.82) is 0 Å². The molecule has 4 nitrogen and oxygen atoms in total. The van der Waals surface area contributed by atoms with E-state index in [1.54, 1.807) is 0 Å². The van der Waals surface area contributed by atoms with Gasteiger partial charge in [0.05, 0.1) is 0 Å². The fraction of sp³-hybridized carbons (Fsp3) is 0.875. The molecule has 0 aromatic rings. The van der Waals surface area contributed by atoms with E-state index in [9.17, 15) is 14.7 Å². The lowest BCUT2D eigenvalue weighted by molar-refractivity contribution is -0.164. The first-order chi connectivity index (χ1) is 25.6. The third-order valence-electron chi connectivity index (χ3n) is 10.7. The summed E-state index contributed by atoms with van der Waals surface area (Å²) in [7, 11) is 0. The van der Waals surface area contributed by atoms with Crippen LogP contribution in [0.5, 0.6) is 0 Å². The summed E-state index contributed by atoms with van der Waals surface area (Å²) in [5.74, 6) is -1.36. The van der Waals surface area contributed by atoms with Crippen molar-refractivity contribution in [3.63, 3.8) is 0 Å². The number of hydrogen-bond acceptors (Lipinski definition) is 3. The maximum absolute atomic E-state index is 12.3. The maximum Gasteiger partial charge on any atom is 0.345 e. The van der Waals surface area contributed by atoms with Gasteiger partial charge < -0.3 is 9.84 Å². The van der Waals surface area contributed by atoms with Gasteiger partial charge in [0.15, 0.2) is 6.10 Å². The Balaban J connectivity index is 3.51. The van der Waals surface area contributed by atoms with Crippen LogP contribution in [-0.2, 0) is 14.3 Å². The molecule has 0 amide bonds. The zero-order valence-corrected chi connectivity index (χ0v) is 35.1. The third kappa shape index (κ3) is 41.2. The molecular formula is C48H90O4. The Bertz CT molecular complexity index is 787. The zero-order valence-electron chi connectivity index (χ0n) is 35.1. The van der Waals surface area contributed by atoms with Gasteiger partial charge in [-0.3, -0.25) is 4.79 Å². The van der Waals surface area contributed by atoms with Gasteiger partial charge in [0.2, 0.25) is 0 Å². The Hall–Kier alpha value is -1.58. The van der Waals surface area contributed by atoms with E-state index < -0.39 is 12.1 Å². The second-order valence-corrected chi connectivity index (χ2v) is 15.9. The van der Waals surface area contributed by atoms with E-state index in [1.807, 2.05) is 0 Å². The standard InChI is InChI=1S/C48H90O4/c1-3-5-7-9-11-13-15-17-19-21-23-25-27-29-31-33-35-37-39-41-43-45-47(49)52-46(48(50)51)44-42-40-38-36-34-32-30-28-26-24-22-20-18-16-14-12-10-8-6-4-2/h18,20,29,31,46H,3-17,19,21-28,30,32-45H2,1-2H3,(H,50,51)/b20-18-,31-29?. The summed E-state index contributed by atoms with van der Waals surface area (Å²) in [5.41, 5.74) is 0. The average Bonchev–Trinajstić information content (AvgIpc) is 3.14. The number of carbonyl (C=O) groups excluding carboxylic acids is 1. The van der Waals surface area contributed by atoms with Gasteiger partial charge in [0.1, 0.15) is 0 Å². The molecule has 0 radical (unpaired) electrons. The Labute approximate surface area is 325 Å². The highest BCUT2D eigenvalue weighted by molar-refractivity contribution is 5.77. The molecule has 0 spiro atoms. The second kappa shape index (κ2) is 43.8. The Morgan fingerprint density at radius 3 is 0.981 bits per heavy atom. The van der Waals surface area contributed by atoms with Crippen LogP contribution in [0.4, 0.5) is 0 Å². The summed E-state index contributed by atoms with van der Waals surface area (Å²) in [6.07, 6.45) is 56.7. The van der Waals surface area contributed by atoms with Crippen LogP contribution >= 0.6 is 0 Å². The van der Waals surface area contributed by atoms with Crippen molar-refractivity contribution < 1.29 is 19.4 Å². The van der Waals surface area contributed by atoms with Crippen LogP contribution in [0.15, 0.2) is 24.3 Å². The summed E-state index contributed by atoms with van der Waals surface area (Å²) in [6.45, 7) is 4.56. The van der Waals surface area contributed by atoms with Crippen LogP contribution < -0.4 is 0 Å². The molecule has 0 aromatic carbocycles. The number of ether oxygens (including phenoxy) is 1. The van der Waals surface area contributed by atoms with E-state index in [-0.39, 0.29) is 5.97 Å². The van der Waals surface area contributed by atoms with Crippen molar-refractivity contribution in [3.05, 3.63) is 24.3 Å². The first-order valence-corrected chi connectivity index (χ1v) is 23.3. The topological polar surface area (TPSA) is 63.6 Å². The van der Waals surface area contributed by atoms with Crippen molar-refractivity contribution in [2.24, 2.45) is 0 Å². The number of carboxylic acids is 1. The summed E-state index contributed by atoms with van der Waals surface area (Å²) in [4.78, 5) is 23.9. The molecule has 0 fully saturated rings. The number of unbranched alkanes of at least 4 members (excludes halogenated alkanes) is 33. The van der Waals surface area contributed by atoms with Crippen molar-refractivity contribution in [1.82, 2.24) is 0 Å². The van der Waals surface area contributed by atoms with Gasteiger partial charge in [-0.05, 0) is 70.6 Å². The minimum absolute atomic E-state index is 0.332. The van der Waals surface area contributed by atoms with Gasteiger partial charge in [-0.2, -0.15) is 0 Å². The minimum Gasteiger partial charge on any atom is -0.479 e. The Morgan fingerprint density at radius 2 is 0.673 bits per heavy atom. The molecule has 0 aliphatic carbocycles. The molecule has 0 rings (SSSR count). The van der Waals surface area contributed by atoms with E-state index >= 15 is 0 Å². The van der Waals surface area contributed by atoms with Crippen LogP contribution in [0.3, 0.4) is 0 Å². The molecule has 52 heavy (non-hydrogen) atoms. The first kappa shape index (κ1) is 50.4. The number of allylic oxidation sites excluding steroid dienone is 4. The number of aliphatic carboxylic acids is 1. The predicted molar refractivity (Wildman–Crippen MR) is 227 cm³/mol. The normalized spacial score (nSPS) is 12.3. The summed E-state index contributed by atoms with van der Waals surface area (Å²) >= 11 is 0. The fourth-order valence-corrected chi connectivity index (χ4v) is 7.14. The number of hydrogen-bond donors (Lipinski definition) is 1. The predicted octanol–water partition coefficient (Wildman–Crippen LogP) is 16.3. The highest BCUT2D eigenvalue weighted by Crippen LogP contribution is 2.16. The van der Waals surface area contributed by atoms with Gasteiger partial charge in [-0.15, -0.1) is 0 Å². The van der Waals surface area contributed by atoms with Gasteiger partial charge in [-0.1, -0.05) is 212 Å². The van der Waals surface area contributed by atoms with Crippen molar-refractivity contribution in [2.45, 2.75) is 270 Å². The van der Waals surface area contributed by atoms with Crippen LogP contribution in [0.25, 0.3) is 0 Å². The molecule has 0 saturated heterocycles. The van der Waals surface area contributed by atoms with Crippen molar-refractivity contribution >= 4 is 11.9 Å². The van der Waals surface area contributed by atoms with E-state index in [4.69, 9.17) is 4.74 Å². The molecule has 0 heterocycles. The lowest BCUT2D eigenvalue weighted by Crippen LogP contribution is -2.27. The number of rotatable bonds is 43. The Morgan fingerprint density at radius 1 is 0.404 bits per heavy atom. The van der Waals surface area contributed by atoms with E-state index in [2.05, 4.69) is 38.2 Å². The highest BCUT2D eigenvalue weighted by atomic mass is 16.6. The number of carbonyl (C=O) groups is 2. The quantitative estimate of drug-likeness (QED) is 0.0385. The van der Waals surface area contributed by atoms with Crippen LogP contribution in [0, 0.1) is 0 Å². The van der Waals surface area contributed by atoms with Crippen LogP contribution in [-0.4, -0.2) is 23.1 Å². The summed E-state index contributed by atoms with van der Waals surface area (Å²) in [6, 6.07) is 0. The third-order valence-corrected chi connectivity index (χ3v) is 10.7. The summed E-state index contributed by atoms with van der Waals surface area (Å²) < 4.78 is 5.34.